The molecule has 1 saturated heterocycles. The van der Waals surface area contributed by atoms with Crippen molar-refractivity contribution in [1.29, 1.82) is 0 Å². The van der Waals surface area contributed by atoms with Gasteiger partial charge in [-0.1, -0.05) is 19.9 Å². The molecule has 1 aliphatic heterocycles. The van der Waals surface area contributed by atoms with Gasteiger partial charge in [-0.2, -0.15) is 0 Å². The molecule has 0 saturated carbocycles. The van der Waals surface area contributed by atoms with E-state index in [1.54, 1.807) is 0 Å². The first kappa shape index (κ1) is 11.6. The topological polar surface area (TPSA) is 24.9 Å². The Morgan fingerprint density at radius 1 is 1.50 bits per heavy atom. The zero-order valence-corrected chi connectivity index (χ0v) is 10.4. The van der Waals surface area contributed by atoms with Crippen LogP contribution in [0.2, 0.25) is 0 Å². The minimum absolute atomic E-state index is 0.331. The number of nitrogens with one attached hydrogen (secondary N) is 1. The van der Waals surface area contributed by atoms with Crippen LogP contribution in [0.1, 0.15) is 38.7 Å². The fraction of sp³-hybridized carbons (Fsp3) is 0.643. The molecule has 1 aliphatic rings. The smallest absolute Gasteiger partial charge is 0.0300 e. The quantitative estimate of drug-likeness (QED) is 0.840. The van der Waals surface area contributed by atoms with Gasteiger partial charge in [-0.15, -0.1) is 0 Å². The molecular weight excluding hydrogens is 196 g/mol. The van der Waals surface area contributed by atoms with E-state index < -0.39 is 0 Å². The Balaban J connectivity index is 2.08. The normalized spacial score (nSPS) is 25.2. The first-order chi connectivity index (χ1) is 7.70. The molecule has 2 heteroatoms. The first-order valence-electron chi connectivity index (χ1n) is 6.34. The summed E-state index contributed by atoms with van der Waals surface area (Å²) in [7, 11) is 0. The SMILES string of the molecule is CC(C)CC1(Cc2cccnc2)CCCN1. The molecule has 0 spiro atoms. The summed E-state index contributed by atoms with van der Waals surface area (Å²) in [4.78, 5) is 4.21. The van der Waals surface area contributed by atoms with E-state index in [0.29, 0.717) is 5.54 Å². The van der Waals surface area contributed by atoms with Gasteiger partial charge < -0.3 is 5.32 Å². The van der Waals surface area contributed by atoms with E-state index in [2.05, 4.69) is 30.2 Å². The lowest BCUT2D eigenvalue weighted by molar-refractivity contribution is 0.301. The summed E-state index contributed by atoms with van der Waals surface area (Å²) in [5.41, 5.74) is 1.69. The molecule has 2 nitrogen and oxygen atoms in total. The Labute approximate surface area is 98.5 Å². The van der Waals surface area contributed by atoms with Gasteiger partial charge in [0, 0.05) is 17.9 Å². The van der Waals surface area contributed by atoms with E-state index in [-0.39, 0.29) is 0 Å². The Hall–Kier alpha value is -0.890. The minimum atomic E-state index is 0.331. The third-order valence-corrected chi connectivity index (χ3v) is 3.40. The molecule has 1 N–H and O–H groups in total. The fourth-order valence-electron chi connectivity index (χ4n) is 2.94. The first-order valence-corrected chi connectivity index (χ1v) is 6.34. The predicted molar refractivity (Wildman–Crippen MR) is 67.4 cm³/mol. The highest BCUT2D eigenvalue weighted by molar-refractivity contribution is 5.14. The summed E-state index contributed by atoms with van der Waals surface area (Å²) < 4.78 is 0. The fourth-order valence-corrected chi connectivity index (χ4v) is 2.94. The summed E-state index contributed by atoms with van der Waals surface area (Å²) in [6, 6.07) is 4.22. The number of hydrogen-bond acceptors (Lipinski definition) is 2. The molecule has 0 radical (unpaired) electrons. The number of rotatable bonds is 4. The van der Waals surface area contributed by atoms with Crippen LogP contribution in [0.5, 0.6) is 0 Å². The van der Waals surface area contributed by atoms with Crippen molar-refractivity contribution in [2.24, 2.45) is 5.92 Å². The van der Waals surface area contributed by atoms with Crippen molar-refractivity contribution in [2.45, 2.75) is 45.1 Å². The van der Waals surface area contributed by atoms with E-state index >= 15 is 0 Å². The summed E-state index contributed by atoms with van der Waals surface area (Å²) in [5.74, 6) is 0.752. The summed E-state index contributed by atoms with van der Waals surface area (Å²) >= 11 is 0. The van der Waals surface area contributed by atoms with Crippen LogP contribution in [0.25, 0.3) is 0 Å². The second kappa shape index (κ2) is 4.96. The van der Waals surface area contributed by atoms with Crippen LogP contribution in [-0.4, -0.2) is 17.1 Å². The second-order valence-electron chi connectivity index (χ2n) is 5.45. The highest BCUT2D eigenvalue weighted by Gasteiger charge is 2.33. The molecule has 1 atom stereocenters. The summed E-state index contributed by atoms with van der Waals surface area (Å²) in [6.07, 6.45) is 8.86. The average molecular weight is 218 g/mol. The summed E-state index contributed by atoms with van der Waals surface area (Å²) in [6.45, 7) is 5.79. The maximum absolute atomic E-state index is 4.21. The summed E-state index contributed by atoms with van der Waals surface area (Å²) in [5, 5.41) is 3.72. The van der Waals surface area contributed by atoms with Crippen LogP contribution >= 0.6 is 0 Å². The van der Waals surface area contributed by atoms with Crippen LogP contribution in [0.15, 0.2) is 24.5 Å². The molecule has 16 heavy (non-hydrogen) atoms. The molecule has 1 fully saturated rings. The highest BCUT2D eigenvalue weighted by Crippen LogP contribution is 2.30. The molecule has 88 valence electrons. The highest BCUT2D eigenvalue weighted by atomic mass is 15.0. The van der Waals surface area contributed by atoms with Crippen molar-refractivity contribution in [2.75, 3.05) is 6.54 Å². The van der Waals surface area contributed by atoms with Crippen molar-refractivity contribution in [3.63, 3.8) is 0 Å². The zero-order chi connectivity index (χ0) is 11.4. The van der Waals surface area contributed by atoms with Crippen LogP contribution in [-0.2, 0) is 6.42 Å². The molecular formula is C14H22N2. The molecule has 1 aromatic heterocycles. The van der Waals surface area contributed by atoms with Gasteiger partial charge >= 0.3 is 0 Å². The van der Waals surface area contributed by atoms with Gasteiger partial charge in [0.25, 0.3) is 0 Å². The Bertz CT molecular complexity index is 313. The lowest BCUT2D eigenvalue weighted by Crippen LogP contribution is -2.43. The lowest BCUT2D eigenvalue weighted by atomic mass is 9.82. The molecule has 2 rings (SSSR count). The van der Waals surface area contributed by atoms with E-state index in [1.165, 1.54) is 31.4 Å². The monoisotopic (exact) mass is 218 g/mol. The number of aromatic nitrogens is 1. The molecule has 1 unspecified atom stereocenters. The van der Waals surface area contributed by atoms with Crippen LogP contribution in [0.3, 0.4) is 0 Å². The molecule has 0 bridgehead atoms. The third kappa shape index (κ3) is 2.82. The van der Waals surface area contributed by atoms with E-state index in [4.69, 9.17) is 0 Å². The average Bonchev–Trinajstić information content (AvgIpc) is 2.66. The van der Waals surface area contributed by atoms with Gasteiger partial charge in [0.2, 0.25) is 0 Å². The Morgan fingerprint density at radius 3 is 2.94 bits per heavy atom. The number of nitrogens with zero attached hydrogens (tertiary/aromatic N) is 1. The van der Waals surface area contributed by atoms with Crippen molar-refractivity contribution in [3.05, 3.63) is 30.1 Å². The number of hydrogen-bond donors (Lipinski definition) is 1. The van der Waals surface area contributed by atoms with Gasteiger partial charge in [-0.3, -0.25) is 4.98 Å². The molecule has 0 aliphatic carbocycles. The second-order valence-corrected chi connectivity index (χ2v) is 5.45. The molecule has 0 aromatic carbocycles. The molecule has 2 heterocycles. The van der Waals surface area contributed by atoms with Gasteiger partial charge in [0.1, 0.15) is 0 Å². The zero-order valence-electron chi connectivity index (χ0n) is 10.4. The predicted octanol–water partition coefficient (Wildman–Crippen LogP) is 2.79. The van der Waals surface area contributed by atoms with Crippen LogP contribution < -0.4 is 5.32 Å². The van der Waals surface area contributed by atoms with Crippen molar-refractivity contribution in [3.8, 4) is 0 Å². The van der Waals surface area contributed by atoms with Crippen molar-refractivity contribution < 1.29 is 0 Å². The van der Waals surface area contributed by atoms with Gasteiger partial charge in [0.15, 0.2) is 0 Å². The van der Waals surface area contributed by atoms with E-state index in [0.717, 1.165) is 12.3 Å². The minimum Gasteiger partial charge on any atom is -0.311 e. The molecule has 1 aromatic rings. The van der Waals surface area contributed by atoms with Gasteiger partial charge in [0.05, 0.1) is 0 Å². The van der Waals surface area contributed by atoms with Crippen molar-refractivity contribution >= 4 is 0 Å². The standard InChI is InChI=1S/C14H22N2/c1-12(2)9-14(6-4-8-16-14)10-13-5-3-7-15-11-13/h3,5,7,11-12,16H,4,6,8-10H2,1-2H3. The number of pyridine rings is 1. The largest absolute Gasteiger partial charge is 0.311 e. The van der Waals surface area contributed by atoms with E-state index in [1.807, 2.05) is 18.5 Å². The Kier molecular flexibility index (Phi) is 3.59. The third-order valence-electron chi connectivity index (χ3n) is 3.40. The maximum atomic E-state index is 4.21. The maximum Gasteiger partial charge on any atom is 0.0300 e. The molecule has 0 amide bonds. The van der Waals surface area contributed by atoms with E-state index in [9.17, 15) is 0 Å². The lowest BCUT2D eigenvalue weighted by Gasteiger charge is -2.31. The van der Waals surface area contributed by atoms with Crippen LogP contribution in [0, 0.1) is 5.92 Å². The van der Waals surface area contributed by atoms with Crippen molar-refractivity contribution in [1.82, 2.24) is 10.3 Å². The van der Waals surface area contributed by atoms with Gasteiger partial charge in [-0.05, 0) is 49.8 Å². The Morgan fingerprint density at radius 2 is 2.38 bits per heavy atom. The van der Waals surface area contributed by atoms with Gasteiger partial charge in [-0.25, -0.2) is 0 Å². The van der Waals surface area contributed by atoms with Crippen LogP contribution in [0.4, 0.5) is 0 Å².